The molecule has 0 spiro atoms. The highest BCUT2D eigenvalue weighted by molar-refractivity contribution is 9.09. The van der Waals surface area contributed by atoms with Gasteiger partial charge in [0.2, 0.25) is 0 Å². The van der Waals surface area contributed by atoms with Crippen LogP contribution >= 0.6 is 15.9 Å². The zero-order chi connectivity index (χ0) is 12.2. The molecule has 0 bridgehead atoms. The molecule has 1 aromatic rings. The Morgan fingerprint density at radius 3 is 2.76 bits per heavy atom. The van der Waals surface area contributed by atoms with E-state index < -0.39 is 0 Å². The predicted molar refractivity (Wildman–Crippen MR) is 73.8 cm³/mol. The molecule has 0 amide bonds. The fourth-order valence-corrected chi connectivity index (χ4v) is 4.04. The Hall–Kier alpha value is -0.500. The zero-order valence-corrected chi connectivity index (χ0v) is 12.3. The van der Waals surface area contributed by atoms with Crippen LogP contribution < -0.4 is 4.74 Å². The summed E-state index contributed by atoms with van der Waals surface area (Å²) in [5.74, 6) is 1.86. The van der Waals surface area contributed by atoms with Crippen molar-refractivity contribution in [3.8, 4) is 5.75 Å². The van der Waals surface area contributed by atoms with Crippen LogP contribution in [0.3, 0.4) is 0 Å². The van der Waals surface area contributed by atoms with Gasteiger partial charge in [-0.15, -0.1) is 0 Å². The van der Waals surface area contributed by atoms with Gasteiger partial charge in [0.25, 0.3) is 0 Å². The lowest BCUT2D eigenvalue weighted by Gasteiger charge is -2.13. The Morgan fingerprint density at radius 1 is 1.41 bits per heavy atom. The first-order valence-corrected chi connectivity index (χ1v) is 7.32. The first kappa shape index (κ1) is 11.6. The standard InChI is InChI=1S/C15H19BrO/c1-9-6-11-7-10(4-5-13(11)17-9)14(16)12-8-15(12,2)3/h4-5,7,9,12,14H,6,8H2,1-3H3. The van der Waals surface area contributed by atoms with Gasteiger partial charge in [-0.05, 0) is 41.9 Å². The van der Waals surface area contributed by atoms with Gasteiger partial charge in [0.05, 0.1) is 0 Å². The molecule has 1 saturated carbocycles. The molecule has 1 fully saturated rings. The largest absolute Gasteiger partial charge is 0.490 e. The fourth-order valence-electron chi connectivity index (χ4n) is 2.85. The normalized spacial score (nSPS) is 30.6. The highest BCUT2D eigenvalue weighted by Gasteiger charge is 2.49. The van der Waals surface area contributed by atoms with Gasteiger partial charge in [-0.1, -0.05) is 41.9 Å². The zero-order valence-electron chi connectivity index (χ0n) is 10.7. The maximum atomic E-state index is 5.74. The topological polar surface area (TPSA) is 9.23 Å². The van der Waals surface area contributed by atoms with Crippen LogP contribution in [0.25, 0.3) is 0 Å². The maximum Gasteiger partial charge on any atom is 0.123 e. The minimum absolute atomic E-state index is 0.339. The van der Waals surface area contributed by atoms with Gasteiger partial charge >= 0.3 is 0 Å². The van der Waals surface area contributed by atoms with Crippen LogP contribution in [-0.2, 0) is 6.42 Å². The van der Waals surface area contributed by atoms with E-state index in [1.807, 2.05) is 0 Å². The molecule has 0 aromatic heterocycles. The van der Waals surface area contributed by atoms with E-state index in [0.29, 0.717) is 16.3 Å². The van der Waals surface area contributed by atoms with Crippen LogP contribution in [0.1, 0.15) is 43.1 Å². The summed E-state index contributed by atoms with van der Waals surface area (Å²) in [5, 5.41) is 0. The summed E-state index contributed by atoms with van der Waals surface area (Å²) in [6, 6.07) is 6.68. The number of rotatable bonds is 2. The molecule has 0 N–H and O–H groups in total. The number of hydrogen-bond acceptors (Lipinski definition) is 1. The number of halogens is 1. The van der Waals surface area contributed by atoms with Crippen molar-refractivity contribution in [2.75, 3.05) is 0 Å². The molecule has 0 radical (unpaired) electrons. The Morgan fingerprint density at radius 2 is 2.12 bits per heavy atom. The molecule has 1 nitrogen and oxygen atoms in total. The maximum absolute atomic E-state index is 5.74. The average molecular weight is 295 g/mol. The van der Waals surface area contributed by atoms with E-state index in [1.54, 1.807) is 0 Å². The molecule has 0 saturated heterocycles. The number of hydrogen-bond donors (Lipinski definition) is 0. The highest BCUT2D eigenvalue weighted by atomic mass is 79.9. The van der Waals surface area contributed by atoms with Crippen molar-refractivity contribution in [1.82, 2.24) is 0 Å². The van der Waals surface area contributed by atoms with Crippen LogP contribution in [0, 0.1) is 11.3 Å². The van der Waals surface area contributed by atoms with Crippen molar-refractivity contribution in [3.05, 3.63) is 29.3 Å². The van der Waals surface area contributed by atoms with Gasteiger partial charge in [0, 0.05) is 11.2 Å². The lowest BCUT2D eigenvalue weighted by molar-refractivity contribution is 0.254. The van der Waals surface area contributed by atoms with Gasteiger partial charge in [0.15, 0.2) is 0 Å². The molecule has 17 heavy (non-hydrogen) atoms. The lowest BCUT2D eigenvalue weighted by atomic mass is 10.00. The van der Waals surface area contributed by atoms with Gasteiger partial charge in [0.1, 0.15) is 11.9 Å². The quantitative estimate of drug-likeness (QED) is 0.730. The number of ether oxygens (including phenoxy) is 1. The summed E-state index contributed by atoms with van der Waals surface area (Å²) in [6.45, 7) is 6.84. The molecule has 1 aliphatic carbocycles. The smallest absolute Gasteiger partial charge is 0.123 e. The van der Waals surface area contributed by atoms with Crippen molar-refractivity contribution in [1.29, 1.82) is 0 Å². The Kier molecular flexibility index (Phi) is 2.55. The van der Waals surface area contributed by atoms with Crippen molar-refractivity contribution in [3.63, 3.8) is 0 Å². The predicted octanol–water partition coefficient (Wildman–Crippen LogP) is 4.49. The van der Waals surface area contributed by atoms with Crippen molar-refractivity contribution < 1.29 is 4.74 Å². The second-order valence-corrected chi connectivity index (χ2v) is 7.19. The SMILES string of the molecule is CC1Cc2cc(C(Br)C3CC3(C)C)ccc2O1. The Balaban J connectivity index is 1.83. The van der Waals surface area contributed by atoms with E-state index in [4.69, 9.17) is 4.74 Å². The third kappa shape index (κ3) is 2.01. The van der Waals surface area contributed by atoms with E-state index in [-0.39, 0.29) is 0 Å². The van der Waals surface area contributed by atoms with Gasteiger partial charge in [-0.2, -0.15) is 0 Å². The van der Waals surface area contributed by atoms with Crippen molar-refractivity contribution in [2.45, 2.75) is 44.5 Å². The monoisotopic (exact) mass is 294 g/mol. The summed E-state index contributed by atoms with van der Waals surface area (Å²) < 4.78 is 5.74. The Labute approximate surface area is 112 Å². The van der Waals surface area contributed by atoms with Gasteiger partial charge < -0.3 is 4.74 Å². The van der Waals surface area contributed by atoms with Crippen molar-refractivity contribution >= 4 is 15.9 Å². The highest BCUT2D eigenvalue weighted by Crippen LogP contribution is 2.60. The summed E-state index contributed by atoms with van der Waals surface area (Å²) in [4.78, 5) is 0.499. The fraction of sp³-hybridized carbons (Fsp3) is 0.600. The minimum Gasteiger partial charge on any atom is -0.490 e. The van der Waals surface area contributed by atoms with E-state index in [9.17, 15) is 0 Å². The van der Waals surface area contributed by atoms with Crippen LogP contribution in [-0.4, -0.2) is 6.10 Å². The molecule has 1 heterocycles. The molecule has 3 atom stereocenters. The minimum atomic E-state index is 0.339. The second kappa shape index (κ2) is 3.74. The molecule has 3 rings (SSSR count). The van der Waals surface area contributed by atoms with Crippen molar-refractivity contribution in [2.24, 2.45) is 11.3 Å². The van der Waals surface area contributed by atoms with E-state index in [0.717, 1.165) is 18.1 Å². The van der Waals surface area contributed by atoms with Crippen LogP contribution in [0.15, 0.2) is 18.2 Å². The summed E-state index contributed by atoms with van der Waals surface area (Å²) in [6.07, 6.45) is 2.72. The number of benzene rings is 1. The molecule has 92 valence electrons. The summed E-state index contributed by atoms with van der Waals surface area (Å²) >= 11 is 3.87. The molecule has 3 unspecified atom stereocenters. The summed E-state index contributed by atoms with van der Waals surface area (Å²) in [7, 11) is 0. The third-order valence-electron chi connectivity index (χ3n) is 4.18. The number of alkyl halides is 1. The van der Waals surface area contributed by atoms with E-state index in [1.165, 1.54) is 17.5 Å². The molecular weight excluding hydrogens is 276 g/mol. The molecule has 2 aliphatic rings. The van der Waals surface area contributed by atoms with E-state index >= 15 is 0 Å². The molecule has 1 aromatic carbocycles. The number of fused-ring (bicyclic) bond motifs is 1. The molecular formula is C15H19BrO. The lowest BCUT2D eigenvalue weighted by Crippen LogP contribution is -2.05. The molecule has 2 heteroatoms. The summed E-state index contributed by atoms with van der Waals surface area (Å²) in [5.41, 5.74) is 3.30. The molecule has 1 aliphatic heterocycles. The second-order valence-electron chi connectivity index (χ2n) is 6.20. The van der Waals surface area contributed by atoms with Gasteiger partial charge in [-0.25, -0.2) is 0 Å². The average Bonchev–Trinajstić information content (AvgIpc) is 2.73. The third-order valence-corrected chi connectivity index (χ3v) is 5.35. The first-order chi connectivity index (χ1) is 7.97. The van der Waals surface area contributed by atoms with Crippen LogP contribution in [0.4, 0.5) is 0 Å². The van der Waals surface area contributed by atoms with Gasteiger partial charge in [-0.3, -0.25) is 0 Å². The van der Waals surface area contributed by atoms with Crippen LogP contribution in [0.2, 0.25) is 0 Å². The first-order valence-electron chi connectivity index (χ1n) is 6.41. The van der Waals surface area contributed by atoms with Crippen LogP contribution in [0.5, 0.6) is 5.75 Å². The Bertz CT molecular complexity index is 452. The van der Waals surface area contributed by atoms with E-state index in [2.05, 4.69) is 54.9 Å².